The zero-order valence-corrected chi connectivity index (χ0v) is 19.6. The lowest BCUT2D eigenvalue weighted by atomic mass is 10.2. The summed E-state index contributed by atoms with van der Waals surface area (Å²) in [7, 11) is 0. The lowest BCUT2D eigenvalue weighted by Gasteiger charge is -2.08. The van der Waals surface area contributed by atoms with Gasteiger partial charge in [0.05, 0.1) is 36.8 Å². The molecule has 0 radical (unpaired) electrons. The van der Waals surface area contributed by atoms with Crippen LogP contribution in [0.15, 0.2) is 61.0 Å². The third-order valence-corrected chi connectivity index (χ3v) is 6.76. The van der Waals surface area contributed by atoms with E-state index in [9.17, 15) is 9.59 Å². The van der Waals surface area contributed by atoms with Crippen LogP contribution in [0.4, 0.5) is 0 Å². The predicted molar refractivity (Wildman–Crippen MR) is 126 cm³/mol. The molecule has 5 heterocycles. The van der Waals surface area contributed by atoms with Crippen LogP contribution in [0, 0.1) is 0 Å². The largest absolute Gasteiger partial charge is 0.467 e. The highest BCUT2D eigenvalue weighted by Crippen LogP contribution is 2.31. The second-order valence-electron chi connectivity index (χ2n) is 7.15. The fourth-order valence-corrected chi connectivity index (χ4v) is 5.20. The molecular weight excluding hydrogens is 478 g/mol. The van der Waals surface area contributed by atoms with Crippen LogP contribution in [-0.4, -0.2) is 37.3 Å². The zero-order chi connectivity index (χ0) is 23.5. The van der Waals surface area contributed by atoms with Crippen molar-refractivity contribution in [1.82, 2.24) is 24.7 Å². The number of nitrogens with one attached hydrogen (secondary N) is 1. The third kappa shape index (κ3) is 4.54. The molecule has 34 heavy (non-hydrogen) atoms. The minimum atomic E-state index is -0.381. The Morgan fingerprint density at radius 2 is 2.09 bits per heavy atom. The maximum absolute atomic E-state index is 12.8. The summed E-state index contributed by atoms with van der Waals surface area (Å²) < 4.78 is 17.8. The fourth-order valence-electron chi connectivity index (χ4n) is 3.42. The van der Waals surface area contributed by atoms with E-state index < -0.39 is 0 Å². The van der Waals surface area contributed by atoms with Gasteiger partial charge in [-0.25, -0.2) is 4.98 Å². The summed E-state index contributed by atoms with van der Waals surface area (Å²) in [5.74, 6) is 2.28. The van der Waals surface area contributed by atoms with Gasteiger partial charge in [0.1, 0.15) is 34.4 Å². The van der Waals surface area contributed by atoms with E-state index in [0.717, 1.165) is 5.56 Å². The standard InChI is InChI=1S/C22H19N5O5S2/c1-2-30-18(28)9-17-25-26-22(27(17)10-13-5-3-7-31-13)34-12-16-23-20(29)19-14(11-33-21(19)24-16)15-6-4-8-32-15/h3-8,11H,2,9-10,12H2,1H3,(H,23,24,29). The molecule has 10 nitrogen and oxygen atoms in total. The summed E-state index contributed by atoms with van der Waals surface area (Å²) in [5.41, 5.74) is 0.494. The molecule has 0 aliphatic carbocycles. The van der Waals surface area contributed by atoms with Gasteiger partial charge in [0.15, 0.2) is 5.16 Å². The topological polar surface area (TPSA) is 129 Å². The fraction of sp³-hybridized carbons (Fsp3) is 0.227. The third-order valence-electron chi connectivity index (χ3n) is 4.91. The molecule has 1 N–H and O–H groups in total. The summed E-state index contributed by atoms with van der Waals surface area (Å²) in [6.07, 6.45) is 3.15. The number of fused-ring (bicyclic) bond motifs is 1. The second-order valence-corrected chi connectivity index (χ2v) is 8.95. The molecule has 0 bridgehead atoms. The minimum absolute atomic E-state index is 0.00605. The summed E-state index contributed by atoms with van der Waals surface area (Å²) in [6, 6.07) is 7.22. The van der Waals surface area contributed by atoms with Crippen molar-refractivity contribution < 1.29 is 18.4 Å². The van der Waals surface area contributed by atoms with Crippen molar-refractivity contribution in [2.24, 2.45) is 0 Å². The van der Waals surface area contributed by atoms with Crippen molar-refractivity contribution in [3.63, 3.8) is 0 Å². The number of thioether (sulfide) groups is 1. The molecule has 0 spiro atoms. The number of carbonyl (C=O) groups is 1. The molecule has 0 saturated heterocycles. The Kier molecular flexibility index (Phi) is 6.32. The molecule has 5 rings (SSSR count). The maximum atomic E-state index is 12.8. The molecule has 0 saturated carbocycles. The van der Waals surface area contributed by atoms with Gasteiger partial charge in [-0.05, 0) is 31.2 Å². The van der Waals surface area contributed by atoms with Gasteiger partial charge in [0, 0.05) is 10.9 Å². The Balaban J connectivity index is 1.39. The van der Waals surface area contributed by atoms with E-state index in [1.54, 1.807) is 36.1 Å². The molecule has 0 fully saturated rings. The first-order valence-electron chi connectivity index (χ1n) is 10.4. The summed E-state index contributed by atoms with van der Waals surface area (Å²) in [5, 5.41) is 11.4. The van der Waals surface area contributed by atoms with Gasteiger partial charge < -0.3 is 18.6 Å². The molecule has 0 aliphatic rings. The first-order valence-corrected chi connectivity index (χ1v) is 12.3. The Morgan fingerprint density at radius 1 is 1.24 bits per heavy atom. The van der Waals surface area contributed by atoms with Crippen LogP contribution in [0.3, 0.4) is 0 Å². The molecule has 174 valence electrons. The molecule has 0 aliphatic heterocycles. The van der Waals surface area contributed by atoms with Crippen LogP contribution in [0.2, 0.25) is 0 Å². The first kappa shape index (κ1) is 22.2. The van der Waals surface area contributed by atoms with Crippen LogP contribution in [0.5, 0.6) is 0 Å². The average molecular weight is 498 g/mol. The van der Waals surface area contributed by atoms with E-state index in [1.807, 2.05) is 17.5 Å². The number of aromatic amines is 1. The number of hydrogen-bond acceptors (Lipinski definition) is 10. The highest BCUT2D eigenvalue weighted by atomic mass is 32.2. The average Bonchev–Trinajstić information content (AvgIpc) is 3.61. The molecule has 5 aromatic heterocycles. The number of carbonyl (C=O) groups excluding carboxylic acids is 1. The van der Waals surface area contributed by atoms with Crippen LogP contribution in [0.1, 0.15) is 24.3 Å². The number of esters is 1. The van der Waals surface area contributed by atoms with Crippen LogP contribution in [-0.2, 0) is 28.2 Å². The summed E-state index contributed by atoms with van der Waals surface area (Å²) >= 11 is 2.74. The van der Waals surface area contributed by atoms with E-state index in [2.05, 4.69) is 20.2 Å². The van der Waals surface area contributed by atoms with Crippen molar-refractivity contribution in [3.05, 3.63) is 69.9 Å². The molecule has 0 amide bonds. The van der Waals surface area contributed by atoms with Gasteiger partial charge in [-0.15, -0.1) is 21.5 Å². The van der Waals surface area contributed by atoms with Crippen molar-refractivity contribution in [2.45, 2.75) is 30.8 Å². The molecule has 0 atom stereocenters. The van der Waals surface area contributed by atoms with Crippen molar-refractivity contribution in [3.8, 4) is 11.3 Å². The highest BCUT2D eigenvalue weighted by molar-refractivity contribution is 7.98. The molecule has 5 aromatic rings. The number of ether oxygens (including phenoxy) is 1. The lowest BCUT2D eigenvalue weighted by molar-refractivity contribution is -0.142. The Bertz CT molecular complexity index is 1470. The number of rotatable bonds is 9. The van der Waals surface area contributed by atoms with Gasteiger partial charge in [0.2, 0.25) is 0 Å². The smallest absolute Gasteiger partial charge is 0.313 e. The van der Waals surface area contributed by atoms with E-state index in [-0.39, 0.29) is 17.9 Å². The highest BCUT2D eigenvalue weighted by Gasteiger charge is 2.19. The summed E-state index contributed by atoms with van der Waals surface area (Å²) in [6.45, 7) is 2.40. The normalized spacial score (nSPS) is 11.3. The van der Waals surface area contributed by atoms with Gasteiger partial charge in [-0.2, -0.15) is 0 Å². The molecular formula is C22H19N5O5S2. The van der Waals surface area contributed by atoms with Crippen molar-refractivity contribution in [2.75, 3.05) is 6.61 Å². The monoisotopic (exact) mass is 497 g/mol. The van der Waals surface area contributed by atoms with Crippen LogP contribution in [0.25, 0.3) is 21.5 Å². The second kappa shape index (κ2) is 9.69. The number of thiophene rings is 1. The van der Waals surface area contributed by atoms with E-state index in [1.165, 1.54) is 23.1 Å². The zero-order valence-electron chi connectivity index (χ0n) is 18.0. The SMILES string of the molecule is CCOC(=O)Cc1nnc(SCc2nc3scc(-c4ccco4)c3c(=O)[nH]2)n1Cc1ccco1. The number of furan rings is 2. The van der Waals surface area contributed by atoms with Crippen LogP contribution >= 0.6 is 23.1 Å². The van der Waals surface area contributed by atoms with E-state index in [0.29, 0.717) is 57.4 Å². The number of H-pyrrole nitrogens is 1. The summed E-state index contributed by atoms with van der Waals surface area (Å²) in [4.78, 5) is 32.9. The van der Waals surface area contributed by atoms with Gasteiger partial charge >= 0.3 is 5.97 Å². The van der Waals surface area contributed by atoms with Gasteiger partial charge in [-0.3, -0.25) is 14.2 Å². The van der Waals surface area contributed by atoms with Gasteiger partial charge in [-0.1, -0.05) is 11.8 Å². The first-order chi connectivity index (χ1) is 16.6. The van der Waals surface area contributed by atoms with E-state index in [4.69, 9.17) is 13.6 Å². The molecule has 0 aromatic carbocycles. The molecule has 12 heteroatoms. The quantitative estimate of drug-likeness (QED) is 0.238. The number of hydrogen-bond donors (Lipinski definition) is 1. The number of aromatic nitrogens is 5. The predicted octanol–water partition coefficient (Wildman–Crippen LogP) is 3.88. The van der Waals surface area contributed by atoms with Crippen LogP contribution < -0.4 is 5.56 Å². The number of nitrogens with zero attached hydrogens (tertiary/aromatic N) is 4. The Morgan fingerprint density at radius 3 is 2.85 bits per heavy atom. The van der Waals surface area contributed by atoms with Gasteiger partial charge in [0.25, 0.3) is 5.56 Å². The van der Waals surface area contributed by atoms with Crippen molar-refractivity contribution in [1.29, 1.82) is 0 Å². The Hall–Kier alpha value is -3.64. The lowest BCUT2D eigenvalue weighted by Crippen LogP contribution is -2.14. The van der Waals surface area contributed by atoms with Crippen molar-refractivity contribution >= 4 is 39.3 Å². The van der Waals surface area contributed by atoms with E-state index >= 15 is 0 Å². The maximum Gasteiger partial charge on any atom is 0.313 e. The minimum Gasteiger partial charge on any atom is -0.467 e. The molecule has 0 unspecified atom stereocenters. The Labute approximate surface area is 201 Å².